The second-order valence-corrected chi connectivity index (χ2v) is 6.29. The summed E-state index contributed by atoms with van der Waals surface area (Å²) in [6.07, 6.45) is 0. The van der Waals surface area contributed by atoms with E-state index in [2.05, 4.69) is 44.3 Å². The van der Waals surface area contributed by atoms with Crippen LogP contribution < -0.4 is 5.90 Å². The van der Waals surface area contributed by atoms with Gasteiger partial charge in [0, 0.05) is 15.6 Å². The standard InChI is InChI=1S/C17H14BrN5O/c18-12-6-7-14-13(8-12)17(11-4-2-1-3-5-11)20-9-15-21-22-16(10-24-19)23(14)15/h1-8H,9-10,19H2. The lowest BCUT2D eigenvalue weighted by Crippen LogP contribution is -2.11. The van der Waals surface area contributed by atoms with Crippen molar-refractivity contribution in [3.05, 3.63) is 75.8 Å². The SMILES string of the molecule is NOCc1nnc2n1-c1ccc(Br)cc1C(c1ccccc1)=NC2. The van der Waals surface area contributed by atoms with Crippen molar-refractivity contribution in [1.82, 2.24) is 14.8 Å². The van der Waals surface area contributed by atoms with Gasteiger partial charge in [-0.25, -0.2) is 5.90 Å². The van der Waals surface area contributed by atoms with Crippen LogP contribution in [0.3, 0.4) is 0 Å². The van der Waals surface area contributed by atoms with Gasteiger partial charge in [0.1, 0.15) is 13.2 Å². The van der Waals surface area contributed by atoms with E-state index in [1.807, 2.05) is 34.9 Å². The molecule has 7 heteroatoms. The molecular formula is C17H14BrN5O. The summed E-state index contributed by atoms with van der Waals surface area (Å²) in [6.45, 7) is 0.622. The van der Waals surface area contributed by atoms with Gasteiger partial charge in [-0.05, 0) is 18.2 Å². The van der Waals surface area contributed by atoms with Gasteiger partial charge in [-0.2, -0.15) is 0 Å². The van der Waals surface area contributed by atoms with Gasteiger partial charge in [0.05, 0.1) is 11.4 Å². The lowest BCUT2D eigenvalue weighted by Gasteiger charge is -2.13. The molecule has 0 bridgehead atoms. The summed E-state index contributed by atoms with van der Waals surface area (Å²) in [4.78, 5) is 9.56. The summed E-state index contributed by atoms with van der Waals surface area (Å²) in [5.74, 6) is 6.65. The first-order chi connectivity index (χ1) is 11.8. The Kier molecular flexibility index (Phi) is 3.97. The molecule has 0 aliphatic carbocycles. The van der Waals surface area contributed by atoms with Gasteiger partial charge < -0.3 is 0 Å². The first-order valence-corrected chi connectivity index (χ1v) is 8.22. The fourth-order valence-electron chi connectivity index (χ4n) is 2.87. The second kappa shape index (κ2) is 6.27. The molecule has 24 heavy (non-hydrogen) atoms. The number of aliphatic imine (C=N–C) groups is 1. The quantitative estimate of drug-likeness (QED) is 0.705. The Morgan fingerprint density at radius 3 is 2.75 bits per heavy atom. The zero-order chi connectivity index (χ0) is 16.5. The van der Waals surface area contributed by atoms with Gasteiger partial charge in [0.15, 0.2) is 11.6 Å². The van der Waals surface area contributed by atoms with Gasteiger partial charge in [0.2, 0.25) is 0 Å². The highest BCUT2D eigenvalue weighted by Crippen LogP contribution is 2.28. The van der Waals surface area contributed by atoms with Crippen LogP contribution >= 0.6 is 15.9 Å². The minimum Gasteiger partial charge on any atom is -0.296 e. The number of fused-ring (bicyclic) bond motifs is 3. The van der Waals surface area contributed by atoms with Crippen LogP contribution in [0.1, 0.15) is 22.8 Å². The molecule has 1 aliphatic heterocycles. The zero-order valence-corrected chi connectivity index (χ0v) is 14.3. The van der Waals surface area contributed by atoms with Crippen LogP contribution in [0.15, 0.2) is 58.0 Å². The van der Waals surface area contributed by atoms with E-state index < -0.39 is 0 Å². The van der Waals surface area contributed by atoms with E-state index in [0.29, 0.717) is 12.4 Å². The lowest BCUT2D eigenvalue weighted by atomic mass is 10.0. The Bertz CT molecular complexity index is 920. The number of rotatable bonds is 3. The summed E-state index contributed by atoms with van der Waals surface area (Å²) in [5, 5.41) is 8.42. The maximum atomic E-state index is 5.24. The predicted octanol–water partition coefficient (Wildman–Crippen LogP) is 2.77. The number of hydrogen-bond acceptors (Lipinski definition) is 5. The van der Waals surface area contributed by atoms with Gasteiger partial charge in [0.25, 0.3) is 0 Å². The minimum absolute atomic E-state index is 0.184. The molecule has 0 saturated heterocycles. The molecule has 6 nitrogen and oxygen atoms in total. The third-order valence-electron chi connectivity index (χ3n) is 3.89. The van der Waals surface area contributed by atoms with Gasteiger partial charge in [-0.1, -0.05) is 46.3 Å². The molecule has 0 saturated carbocycles. The number of hydrogen-bond donors (Lipinski definition) is 1. The van der Waals surface area contributed by atoms with E-state index in [-0.39, 0.29) is 6.61 Å². The van der Waals surface area contributed by atoms with Crippen molar-refractivity contribution >= 4 is 21.6 Å². The highest BCUT2D eigenvalue weighted by molar-refractivity contribution is 9.10. The molecule has 0 atom stereocenters. The molecule has 0 radical (unpaired) electrons. The molecule has 0 fully saturated rings. The third kappa shape index (κ3) is 2.56. The lowest BCUT2D eigenvalue weighted by molar-refractivity contribution is 0.117. The molecule has 0 unspecified atom stereocenters. The Morgan fingerprint density at radius 1 is 1.12 bits per heavy atom. The van der Waals surface area contributed by atoms with Crippen LogP contribution in [0.5, 0.6) is 0 Å². The van der Waals surface area contributed by atoms with Crippen LogP contribution in [-0.4, -0.2) is 20.5 Å². The van der Waals surface area contributed by atoms with E-state index in [9.17, 15) is 0 Å². The van der Waals surface area contributed by atoms with Gasteiger partial charge in [-0.15, -0.1) is 10.2 Å². The van der Waals surface area contributed by atoms with Crippen molar-refractivity contribution in [2.45, 2.75) is 13.2 Å². The van der Waals surface area contributed by atoms with Crippen molar-refractivity contribution in [2.24, 2.45) is 10.9 Å². The van der Waals surface area contributed by atoms with Crippen LogP contribution in [0.25, 0.3) is 5.69 Å². The fourth-order valence-corrected chi connectivity index (χ4v) is 3.23. The van der Waals surface area contributed by atoms with Crippen LogP contribution in [0, 0.1) is 0 Å². The molecule has 0 amide bonds. The number of aromatic nitrogens is 3. The first kappa shape index (κ1) is 15.2. The number of nitrogens with zero attached hydrogens (tertiary/aromatic N) is 4. The molecule has 2 heterocycles. The number of nitrogens with two attached hydrogens (primary N) is 1. The normalized spacial score (nSPS) is 13.0. The summed E-state index contributed by atoms with van der Waals surface area (Å²) < 4.78 is 2.95. The maximum Gasteiger partial charge on any atom is 0.165 e. The fraction of sp³-hybridized carbons (Fsp3) is 0.118. The average Bonchev–Trinajstić information content (AvgIpc) is 2.92. The molecule has 120 valence electrons. The monoisotopic (exact) mass is 383 g/mol. The molecule has 1 aromatic heterocycles. The van der Waals surface area contributed by atoms with Crippen molar-refractivity contribution in [1.29, 1.82) is 0 Å². The predicted molar refractivity (Wildman–Crippen MR) is 93.8 cm³/mol. The van der Waals surface area contributed by atoms with E-state index in [1.165, 1.54) is 0 Å². The smallest absolute Gasteiger partial charge is 0.165 e. The van der Waals surface area contributed by atoms with Crippen LogP contribution in [0.2, 0.25) is 0 Å². The topological polar surface area (TPSA) is 78.3 Å². The number of halogens is 1. The highest BCUT2D eigenvalue weighted by Gasteiger charge is 2.23. The molecule has 1 aliphatic rings. The van der Waals surface area contributed by atoms with Crippen molar-refractivity contribution in [3.8, 4) is 5.69 Å². The van der Waals surface area contributed by atoms with E-state index >= 15 is 0 Å². The van der Waals surface area contributed by atoms with Crippen molar-refractivity contribution < 1.29 is 4.84 Å². The maximum absolute atomic E-state index is 5.24. The van der Waals surface area contributed by atoms with Gasteiger partial charge in [-0.3, -0.25) is 14.4 Å². The number of benzene rings is 2. The van der Waals surface area contributed by atoms with Crippen LogP contribution in [0.4, 0.5) is 0 Å². The molecule has 0 spiro atoms. The molecular weight excluding hydrogens is 370 g/mol. The summed E-state index contributed by atoms with van der Waals surface area (Å²) >= 11 is 3.56. The van der Waals surface area contributed by atoms with Crippen LogP contribution in [-0.2, 0) is 18.0 Å². The molecule has 3 aromatic rings. The molecule has 2 N–H and O–H groups in total. The van der Waals surface area contributed by atoms with E-state index in [1.54, 1.807) is 0 Å². The Hall–Kier alpha value is -2.35. The minimum atomic E-state index is 0.184. The summed E-state index contributed by atoms with van der Waals surface area (Å²) in [7, 11) is 0. The first-order valence-electron chi connectivity index (χ1n) is 7.43. The average molecular weight is 384 g/mol. The third-order valence-corrected chi connectivity index (χ3v) is 4.38. The van der Waals surface area contributed by atoms with E-state index in [4.69, 9.17) is 15.7 Å². The van der Waals surface area contributed by atoms with Crippen molar-refractivity contribution in [2.75, 3.05) is 0 Å². The Balaban J connectivity index is 1.96. The summed E-state index contributed by atoms with van der Waals surface area (Å²) in [6, 6.07) is 16.2. The molecule has 2 aromatic carbocycles. The van der Waals surface area contributed by atoms with Gasteiger partial charge >= 0.3 is 0 Å². The van der Waals surface area contributed by atoms with Crippen molar-refractivity contribution in [3.63, 3.8) is 0 Å². The highest BCUT2D eigenvalue weighted by atomic mass is 79.9. The second-order valence-electron chi connectivity index (χ2n) is 5.37. The Morgan fingerprint density at radius 2 is 1.96 bits per heavy atom. The largest absolute Gasteiger partial charge is 0.296 e. The zero-order valence-electron chi connectivity index (χ0n) is 12.7. The van der Waals surface area contributed by atoms with E-state index in [0.717, 1.165) is 32.8 Å². The summed E-state index contributed by atoms with van der Waals surface area (Å²) in [5.41, 5.74) is 3.96. The Labute approximate surface area is 147 Å². The molecule has 4 rings (SSSR count).